The fourth-order valence-electron chi connectivity index (χ4n) is 0.822. The number of hydrogen-bond donors (Lipinski definition) is 1. The van der Waals surface area contributed by atoms with Crippen LogP contribution in [0.25, 0.3) is 0 Å². The quantitative estimate of drug-likeness (QED) is 0.626. The zero-order chi connectivity index (χ0) is 11.3. The zero-order valence-corrected chi connectivity index (χ0v) is 9.55. The van der Waals surface area contributed by atoms with E-state index in [0.717, 1.165) is 5.56 Å². The third kappa shape index (κ3) is 4.63. The number of aryl methyl sites for hydroxylation is 1. The first-order valence-corrected chi connectivity index (χ1v) is 6.06. The minimum Gasteiger partial charge on any atom is -0.284 e. The van der Waals surface area contributed by atoms with E-state index in [2.05, 4.69) is 8.37 Å². The standard InChI is InChI=1S/C8H10O5S2/c1-7-2-4-8(5-3-7)14(9)12-6-13-15(10)11/h2-5H,6H2,1H3,(H,10,11). The van der Waals surface area contributed by atoms with Gasteiger partial charge in [-0.25, -0.2) is 8.39 Å². The fraction of sp³-hybridized carbons (Fsp3) is 0.250. The number of benzene rings is 1. The summed E-state index contributed by atoms with van der Waals surface area (Å²) < 4.78 is 38.5. The van der Waals surface area contributed by atoms with E-state index in [1.54, 1.807) is 24.3 Å². The molecule has 0 amide bonds. The van der Waals surface area contributed by atoms with Crippen molar-refractivity contribution in [1.29, 1.82) is 0 Å². The van der Waals surface area contributed by atoms with Crippen LogP contribution in [-0.4, -0.2) is 19.8 Å². The molecule has 0 radical (unpaired) electrons. The lowest BCUT2D eigenvalue weighted by Gasteiger charge is -2.02. The van der Waals surface area contributed by atoms with Crippen molar-refractivity contribution in [1.82, 2.24) is 0 Å². The molecule has 15 heavy (non-hydrogen) atoms. The summed E-state index contributed by atoms with van der Waals surface area (Å²) in [6.07, 6.45) is 0. The van der Waals surface area contributed by atoms with Crippen molar-refractivity contribution in [3.63, 3.8) is 0 Å². The van der Waals surface area contributed by atoms with E-state index < -0.39 is 29.2 Å². The maximum atomic E-state index is 11.4. The second-order valence-corrected chi connectivity index (χ2v) is 4.46. The Morgan fingerprint density at radius 1 is 1.20 bits per heavy atom. The Bertz CT molecular complexity index is 362. The maximum Gasteiger partial charge on any atom is 0.304 e. The molecule has 0 fully saturated rings. The summed E-state index contributed by atoms with van der Waals surface area (Å²) >= 11 is -4.08. The molecule has 1 aromatic rings. The van der Waals surface area contributed by atoms with Crippen LogP contribution in [0.15, 0.2) is 29.2 Å². The molecule has 0 aliphatic carbocycles. The van der Waals surface area contributed by atoms with Crippen LogP contribution in [0.3, 0.4) is 0 Å². The van der Waals surface area contributed by atoms with Gasteiger partial charge in [0.15, 0.2) is 17.9 Å². The summed E-state index contributed by atoms with van der Waals surface area (Å²) in [4.78, 5) is 0.480. The van der Waals surface area contributed by atoms with Crippen molar-refractivity contribution in [3.8, 4) is 0 Å². The zero-order valence-electron chi connectivity index (χ0n) is 7.91. The molecule has 0 aliphatic heterocycles. The number of rotatable bonds is 5. The molecule has 84 valence electrons. The molecule has 1 rings (SSSR count). The highest BCUT2D eigenvalue weighted by atomic mass is 32.2. The van der Waals surface area contributed by atoms with E-state index in [1.807, 2.05) is 6.92 Å². The van der Waals surface area contributed by atoms with E-state index in [0.29, 0.717) is 4.90 Å². The Morgan fingerprint density at radius 3 is 2.33 bits per heavy atom. The van der Waals surface area contributed by atoms with Crippen LogP contribution in [0.5, 0.6) is 0 Å². The second kappa shape index (κ2) is 6.09. The van der Waals surface area contributed by atoms with E-state index in [-0.39, 0.29) is 0 Å². The molecule has 5 nitrogen and oxygen atoms in total. The van der Waals surface area contributed by atoms with Crippen molar-refractivity contribution in [2.24, 2.45) is 0 Å². The van der Waals surface area contributed by atoms with E-state index in [1.165, 1.54) is 0 Å². The molecule has 0 saturated carbocycles. The number of hydrogen-bond acceptors (Lipinski definition) is 4. The first-order valence-electron chi connectivity index (χ1n) is 3.95. The normalized spacial score (nSPS) is 14.8. The predicted molar refractivity (Wildman–Crippen MR) is 55.4 cm³/mol. The largest absolute Gasteiger partial charge is 0.304 e. The van der Waals surface area contributed by atoms with E-state index >= 15 is 0 Å². The minimum atomic E-state index is -2.40. The summed E-state index contributed by atoms with van der Waals surface area (Å²) in [6.45, 7) is 1.41. The van der Waals surface area contributed by atoms with E-state index in [9.17, 15) is 8.42 Å². The van der Waals surface area contributed by atoms with Gasteiger partial charge >= 0.3 is 11.4 Å². The third-order valence-corrected chi connectivity index (χ3v) is 2.78. The maximum absolute atomic E-state index is 11.4. The average molecular weight is 250 g/mol. The van der Waals surface area contributed by atoms with Gasteiger partial charge in [0, 0.05) is 0 Å². The van der Waals surface area contributed by atoms with Gasteiger partial charge in [-0.15, -0.1) is 0 Å². The van der Waals surface area contributed by atoms with Crippen LogP contribution < -0.4 is 0 Å². The summed E-state index contributed by atoms with van der Waals surface area (Å²) in [7, 11) is 0. The van der Waals surface area contributed by atoms with Gasteiger partial charge in [0.25, 0.3) is 0 Å². The molecule has 7 heteroatoms. The van der Waals surface area contributed by atoms with Crippen LogP contribution >= 0.6 is 0 Å². The van der Waals surface area contributed by atoms with Crippen molar-refractivity contribution >= 4 is 22.4 Å². The summed E-state index contributed by atoms with van der Waals surface area (Å²) in [5.74, 6) is 0. The van der Waals surface area contributed by atoms with Crippen LogP contribution in [0, 0.1) is 6.92 Å². The lowest BCUT2D eigenvalue weighted by atomic mass is 10.2. The van der Waals surface area contributed by atoms with E-state index in [4.69, 9.17) is 4.55 Å². The molecule has 0 aromatic heterocycles. The molecule has 0 spiro atoms. The first kappa shape index (κ1) is 12.5. The highest BCUT2D eigenvalue weighted by Crippen LogP contribution is 2.09. The fourth-order valence-corrected chi connectivity index (χ4v) is 1.64. The Balaban J connectivity index is 2.47. The summed E-state index contributed by atoms with van der Waals surface area (Å²) in [5, 5.41) is 0. The Kier molecular flexibility index (Phi) is 5.06. The smallest absolute Gasteiger partial charge is 0.284 e. The van der Waals surface area contributed by atoms with Gasteiger partial charge in [-0.3, -0.25) is 8.74 Å². The van der Waals surface area contributed by atoms with Crippen LogP contribution in [0.4, 0.5) is 0 Å². The Labute approximate surface area is 92.6 Å². The molecule has 0 heterocycles. The minimum absolute atomic E-state index is 0.480. The summed E-state index contributed by atoms with van der Waals surface area (Å²) in [6, 6.07) is 6.89. The van der Waals surface area contributed by atoms with Gasteiger partial charge in [0.1, 0.15) is 0 Å². The molecule has 0 aliphatic rings. The SMILES string of the molecule is Cc1ccc(S(=O)OCOS(=O)O)cc1. The molecule has 2 atom stereocenters. The topological polar surface area (TPSA) is 72.8 Å². The van der Waals surface area contributed by atoms with Gasteiger partial charge in [-0.1, -0.05) is 17.7 Å². The Hall–Kier alpha value is -0.600. The molecule has 2 unspecified atom stereocenters. The van der Waals surface area contributed by atoms with Gasteiger partial charge < -0.3 is 0 Å². The van der Waals surface area contributed by atoms with Gasteiger partial charge in [0.05, 0.1) is 4.90 Å². The third-order valence-electron chi connectivity index (χ3n) is 1.52. The Morgan fingerprint density at radius 2 is 1.80 bits per heavy atom. The predicted octanol–water partition coefficient (Wildman–Crippen LogP) is 1.15. The highest BCUT2D eigenvalue weighted by molar-refractivity contribution is 7.80. The van der Waals surface area contributed by atoms with Crippen LogP contribution in [0.1, 0.15) is 5.56 Å². The monoisotopic (exact) mass is 250 g/mol. The molecular formula is C8H10O5S2. The van der Waals surface area contributed by atoms with Crippen molar-refractivity contribution in [3.05, 3.63) is 29.8 Å². The van der Waals surface area contributed by atoms with Gasteiger partial charge in [0.2, 0.25) is 0 Å². The molecule has 0 saturated heterocycles. The lowest BCUT2D eigenvalue weighted by Crippen LogP contribution is -2.04. The molecule has 1 aromatic carbocycles. The molecule has 1 N–H and O–H groups in total. The van der Waals surface area contributed by atoms with Crippen molar-refractivity contribution < 1.29 is 21.3 Å². The van der Waals surface area contributed by atoms with Crippen molar-refractivity contribution in [2.45, 2.75) is 11.8 Å². The first-order chi connectivity index (χ1) is 7.09. The van der Waals surface area contributed by atoms with Crippen LogP contribution in [0.2, 0.25) is 0 Å². The van der Waals surface area contributed by atoms with Crippen LogP contribution in [-0.2, 0) is 30.8 Å². The molecule has 0 bridgehead atoms. The lowest BCUT2D eigenvalue weighted by molar-refractivity contribution is 0.138. The highest BCUT2D eigenvalue weighted by Gasteiger charge is 2.04. The molecular weight excluding hydrogens is 240 g/mol. The van der Waals surface area contributed by atoms with Gasteiger partial charge in [-0.05, 0) is 19.1 Å². The van der Waals surface area contributed by atoms with Gasteiger partial charge in [-0.2, -0.15) is 4.21 Å². The van der Waals surface area contributed by atoms with Crippen molar-refractivity contribution in [2.75, 3.05) is 6.79 Å². The second-order valence-electron chi connectivity index (χ2n) is 2.62. The summed E-state index contributed by atoms with van der Waals surface area (Å²) in [5.41, 5.74) is 1.04. The average Bonchev–Trinajstić information content (AvgIpc) is 2.18.